The van der Waals surface area contributed by atoms with Gasteiger partial charge in [0.15, 0.2) is 6.61 Å². The number of carbonyl (C=O) groups is 2. The van der Waals surface area contributed by atoms with E-state index in [1.165, 1.54) is 0 Å². The Bertz CT molecular complexity index is 563. The van der Waals surface area contributed by atoms with Crippen LogP contribution in [-0.2, 0) is 9.59 Å². The first-order chi connectivity index (χ1) is 11.0. The summed E-state index contributed by atoms with van der Waals surface area (Å²) in [6.45, 7) is 7.28. The maximum absolute atomic E-state index is 12.3. The second kappa shape index (κ2) is 7.99. The normalized spacial score (nSPS) is 15.3. The summed E-state index contributed by atoms with van der Waals surface area (Å²) in [4.78, 5) is 25.5. The van der Waals surface area contributed by atoms with E-state index in [9.17, 15) is 9.59 Å². The van der Waals surface area contributed by atoms with Crippen molar-refractivity contribution in [3.63, 3.8) is 0 Å². The molecule has 1 N–H and O–H groups in total. The highest BCUT2D eigenvalue weighted by molar-refractivity contribution is 5.78. The highest BCUT2D eigenvalue weighted by atomic mass is 16.5. The van der Waals surface area contributed by atoms with Crippen molar-refractivity contribution < 1.29 is 14.3 Å². The van der Waals surface area contributed by atoms with E-state index in [0.29, 0.717) is 19.5 Å². The molecule has 2 rings (SSSR count). The van der Waals surface area contributed by atoms with E-state index in [2.05, 4.69) is 5.32 Å². The minimum absolute atomic E-state index is 0.00572. The summed E-state index contributed by atoms with van der Waals surface area (Å²) in [6, 6.07) is 6.04. The highest BCUT2D eigenvalue weighted by Gasteiger charge is 2.23. The monoisotopic (exact) mass is 318 g/mol. The maximum Gasteiger partial charge on any atom is 0.260 e. The number of amides is 2. The van der Waals surface area contributed by atoms with Crippen LogP contribution in [0, 0.1) is 13.8 Å². The van der Waals surface area contributed by atoms with Crippen LogP contribution in [-0.4, -0.2) is 42.5 Å². The zero-order chi connectivity index (χ0) is 16.8. The molecule has 1 aromatic rings. The number of aryl methyl sites for hydroxylation is 1. The minimum atomic E-state index is 0.00572. The van der Waals surface area contributed by atoms with Crippen LogP contribution in [0.4, 0.5) is 0 Å². The van der Waals surface area contributed by atoms with Gasteiger partial charge in [-0.3, -0.25) is 9.59 Å². The smallest absolute Gasteiger partial charge is 0.260 e. The molecule has 5 heteroatoms. The Morgan fingerprint density at radius 2 is 1.96 bits per heavy atom. The summed E-state index contributed by atoms with van der Waals surface area (Å²) < 4.78 is 5.68. The van der Waals surface area contributed by atoms with Crippen molar-refractivity contribution >= 4 is 11.8 Å². The van der Waals surface area contributed by atoms with E-state index < -0.39 is 0 Å². The number of likely N-dealkylation sites (tertiary alicyclic amines) is 1. The molecule has 0 spiro atoms. The van der Waals surface area contributed by atoms with E-state index in [4.69, 9.17) is 4.74 Å². The average Bonchev–Trinajstić information content (AvgIpc) is 2.56. The fraction of sp³-hybridized carbons (Fsp3) is 0.556. The van der Waals surface area contributed by atoms with Gasteiger partial charge in [0.25, 0.3) is 5.91 Å². The summed E-state index contributed by atoms with van der Waals surface area (Å²) >= 11 is 0. The van der Waals surface area contributed by atoms with Gasteiger partial charge in [-0.15, -0.1) is 0 Å². The minimum Gasteiger partial charge on any atom is -0.483 e. The third kappa shape index (κ3) is 4.71. The van der Waals surface area contributed by atoms with Crippen molar-refractivity contribution in [3.05, 3.63) is 29.3 Å². The third-order valence-corrected chi connectivity index (χ3v) is 4.44. The van der Waals surface area contributed by atoms with Gasteiger partial charge in [-0.1, -0.05) is 19.1 Å². The Kier molecular flexibility index (Phi) is 6.02. The lowest BCUT2D eigenvalue weighted by molar-refractivity contribution is -0.134. The lowest BCUT2D eigenvalue weighted by atomic mass is 10.0. The first kappa shape index (κ1) is 17.3. The number of rotatable bonds is 5. The van der Waals surface area contributed by atoms with Gasteiger partial charge in [0.05, 0.1) is 0 Å². The van der Waals surface area contributed by atoms with Crippen LogP contribution in [0.1, 0.15) is 37.3 Å². The molecule has 0 unspecified atom stereocenters. The van der Waals surface area contributed by atoms with Crippen molar-refractivity contribution in [3.8, 4) is 5.75 Å². The van der Waals surface area contributed by atoms with E-state index >= 15 is 0 Å². The standard InChI is InChI=1S/C18H26N2O3/c1-4-17(21)19-15-8-10-20(11-9-15)18(22)12-23-16-7-5-6-13(2)14(16)3/h5-7,15H,4,8-12H2,1-3H3,(H,19,21). The maximum atomic E-state index is 12.3. The zero-order valence-electron chi connectivity index (χ0n) is 14.2. The van der Waals surface area contributed by atoms with Crippen molar-refractivity contribution in [1.82, 2.24) is 10.2 Å². The molecule has 0 radical (unpaired) electrons. The summed E-state index contributed by atoms with van der Waals surface area (Å²) in [5.41, 5.74) is 2.23. The molecule has 1 aliphatic rings. The van der Waals surface area contributed by atoms with Gasteiger partial charge in [0, 0.05) is 25.6 Å². The third-order valence-electron chi connectivity index (χ3n) is 4.44. The van der Waals surface area contributed by atoms with Crippen LogP contribution >= 0.6 is 0 Å². The van der Waals surface area contributed by atoms with Crippen LogP contribution in [0.5, 0.6) is 5.75 Å². The molecule has 1 aromatic carbocycles. The molecule has 1 aliphatic heterocycles. The van der Waals surface area contributed by atoms with Gasteiger partial charge in [-0.25, -0.2) is 0 Å². The van der Waals surface area contributed by atoms with Crippen molar-refractivity contribution in [2.45, 2.75) is 46.1 Å². The fourth-order valence-electron chi connectivity index (χ4n) is 2.71. The Balaban J connectivity index is 1.79. The molecule has 2 amide bonds. The van der Waals surface area contributed by atoms with Gasteiger partial charge >= 0.3 is 0 Å². The first-order valence-corrected chi connectivity index (χ1v) is 8.27. The molecule has 126 valence electrons. The molecule has 0 aliphatic carbocycles. The molecule has 0 aromatic heterocycles. The lowest BCUT2D eigenvalue weighted by Crippen LogP contribution is -2.47. The molecule has 5 nitrogen and oxygen atoms in total. The molecule has 0 bridgehead atoms. The number of hydrogen-bond donors (Lipinski definition) is 1. The van der Waals surface area contributed by atoms with E-state index in [1.807, 2.05) is 43.9 Å². The topological polar surface area (TPSA) is 58.6 Å². The van der Waals surface area contributed by atoms with Gasteiger partial charge < -0.3 is 15.0 Å². The SMILES string of the molecule is CCC(=O)NC1CCN(C(=O)COc2cccc(C)c2C)CC1. The van der Waals surface area contributed by atoms with Crippen molar-refractivity contribution in [1.29, 1.82) is 0 Å². The number of benzene rings is 1. The zero-order valence-corrected chi connectivity index (χ0v) is 14.2. The molecular weight excluding hydrogens is 292 g/mol. The quantitative estimate of drug-likeness (QED) is 0.905. The number of carbonyl (C=O) groups excluding carboxylic acids is 2. The number of nitrogens with zero attached hydrogens (tertiary/aromatic N) is 1. The fourth-order valence-corrected chi connectivity index (χ4v) is 2.71. The van der Waals surface area contributed by atoms with Crippen LogP contribution in [0.15, 0.2) is 18.2 Å². The van der Waals surface area contributed by atoms with Gasteiger partial charge in [0.1, 0.15) is 5.75 Å². The van der Waals surface area contributed by atoms with Gasteiger partial charge in [-0.05, 0) is 43.9 Å². The predicted molar refractivity (Wildman–Crippen MR) is 89.4 cm³/mol. The van der Waals surface area contributed by atoms with Crippen LogP contribution in [0.25, 0.3) is 0 Å². The van der Waals surface area contributed by atoms with E-state index in [0.717, 1.165) is 29.7 Å². The van der Waals surface area contributed by atoms with Crippen LogP contribution in [0.2, 0.25) is 0 Å². The van der Waals surface area contributed by atoms with Crippen LogP contribution < -0.4 is 10.1 Å². The molecular formula is C18H26N2O3. The number of hydrogen-bond acceptors (Lipinski definition) is 3. The molecule has 0 saturated carbocycles. The van der Waals surface area contributed by atoms with Gasteiger partial charge in [0.2, 0.25) is 5.91 Å². The predicted octanol–water partition coefficient (Wildman–Crippen LogP) is 2.20. The molecule has 1 fully saturated rings. The number of nitrogens with one attached hydrogen (secondary N) is 1. The Morgan fingerprint density at radius 3 is 2.61 bits per heavy atom. The largest absolute Gasteiger partial charge is 0.483 e. The summed E-state index contributed by atoms with van der Waals surface area (Å²) in [6.07, 6.45) is 2.12. The second-order valence-electron chi connectivity index (χ2n) is 6.06. The Labute approximate surface area is 138 Å². The Morgan fingerprint density at radius 1 is 1.26 bits per heavy atom. The van der Waals surface area contributed by atoms with Gasteiger partial charge in [-0.2, -0.15) is 0 Å². The average molecular weight is 318 g/mol. The first-order valence-electron chi connectivity index (χ1n) is 8.27. The van der Waals surface area contributed by atoms with Crippen molar-refractivity contribution in [2.24, 2.45) is 0 Å². The van der Waals surface area contributed by atoms with E-state index in [-0.39, 0.29) is 24.5 Å². The lowest BCUT2D eigenvalue weighted by Gasteiger charge is -2.32. The van der Waals surface area contributed by atoms with E-state index in [1.54, 1.807) is 0 Å². The number of ether oxygens (including phenoxy) is 1. The molecule has 23 heavy (non-hydrogen) atoms. The molecule has 0 atom stereocenters. The Hall–Kier alpha value is -2.04. The second-order valence-corrected chi connectivity index (χ2v) is 6.06. The summed E-state index contributed by atoms with van der Waals surface area (Å²) in [5.74, 6) is 0.850. The summed E-state index contributed by atoms with van der Waals surface area (Å²) in [5, 5.41) is 2.99. The molecule has 1 heterocycles. The highest BCUT2D eigenvalue weighted by Crippen LogP contribution is 2.20. The number of piperidine rings is 1. The van der Waals surface area contributed by atoms with Crippen molar-refractivity contribution in [2.75, 3.05) is 19.7 Å². The molecule has 1 saturated heterocycles. The summed E-state index contributed by atoms with van der Waals surface area (Å²) in [7, 11) is 0. The van der Waals surface area contributed by atoms with Crippen LogP contribution in [0.3, 0.4) is 0 Å².